The molecule has 0 aromatic heterocycles. The number of unbranched alkanes of at least 4 members (excludes halogenated alkanes) is 24. The average Bonchev–Trinajstić information content (AvgIpc) is 3.19. The molecule has 1 unspecified atom stereocenters. The molecule has 0 radical (unpaired) electrons. The first-order valence-corrected chi connectivity index (χ1v) is 23.4. The van der Waals surface area contributed by atoms with Crippen molar-refractivity contribution >= 4 is 29.7 Å². The summed E-state index contributed by atoms with van der Waals surface area (Å²) in [4.78, 5) is 62.9. The maximum atomic E-state index is 13.5. The predicted octanol–water partition coefficient (Wildman–Crippen LogP) is 11.4. The van der Waals surface area contributed by atoms with Gasteiger partial charge in [0.15, 0.2) is 0 Å². The number of hydrogen-bond donors (Lipinski definition) is 4. The van der Waals surface area contributed by atoms with E-state index in [-0.39, 0.29) is 25.2 Å². The molecule has 0 heterocycles. The van der Waals surface area contributed by atoms with Crippen molar-refractivity contribution in [3.63, 3.8) is 0 Å². The molecular weight excluding hydrogens is 733 g/mol. The van der Waals surface area contributed by atoms with Crippen LogP contribution in [0, 0.1) is 0 Å². The van der Waals surface area contributed by atoms with Crippen molar-refractivity contribution in [3.05, 3.63) is 35.9 Å². The van der Waals surface area contributed by atoms with Crippen LogP contribution >= 0.6 is 0 Å². The molecule has 10 nitrogen and oxygen atoms in total. The molecule has 0 saturated heterocycles. The van der Waals surface area contributed by atoms with Gasteiger partial charge in [-0.2, -0.15) is 0 Å². The Bertz CT molecular complexity index is 1210. The largest absolute Gasteiger partial charge is 0.481 e. The SMILES string of the molecule is CCCCCCCCCCCCCCCC(=O)OC(CCCCCCCCCCCCCCC)CC(=O)N[C@@H](Cc1ccccc1)C(=O)N[C@@H](CCC(=O)O)C(=O)O. The van der Waals surface area contributed by atoms with Crippen LogP contribution in [-0.4, -0.2) is 58.1 Å². The van der Waals surface area contributed by atoms with Crippen LogP contribution in [0.2, 0.25) is 0 Å². The molecule has 1 rings (SSSR count). The van der Waals surface area contributed by atoms with E-state index in [4.69, 9.17) is 9.84 Å². The van der Waals surface area contributed by atoms with Gasteiger partial charge in [-0.3, -0.25) is 19.2 Å². The number of hydrogen-bond acceptors (Lipinski definition) is 6. The highest BCUT2D eigenvalue weighted by atomic mass is 16.5. The molecule has 0 saturated carbocycles. The second-order valence-electron chi connectivity index (χ2n) is 16.5. The van der Waals surface area contributed by atoms with Gasteiger partial charge >= 0.3 is 17.9 Å². The van der Waals surface area contributed by atoms with Crippen molar-refractivity contribution in [2.75, 3.05) is 0 Å². The number of esters is 1. The summed E-state index contributed by atoms with van der Waals surface area (Å²) in [5, 5.41) is 23.9. The lowest BCUT2D eigenvalue weighted by molar-refractivity contribution is -0.151. The number of ether oxygens (including phenoxy) is 1. The fourth-order valence-electron chi connectivity index (χ4n) is 7.44. The van der Waals surface area contributed by atoms with Gasteiger partial charge in [-0.05, 0) is 31.2 Å². The Kier molecular flexibility index (Phi) is 33.2. The fraction of sp³-hybridized carbons (Fsp3) is 0.771. The highest BCUT2D eigenvalue weighted by Crippen LogP contribution is 2.18. The first-order valence-electron chi connectivity index (χ1n) is 23.4. The van der Waals surface area contributed by atoms with Gasteiger partial charge < -0.3 is 25.6 Å². The minimum Gasteiger partial charge on any atom is -0.481 e. The van der Waals surface area contributed by atoms with Gasteiger partial charge in [0.25, 0.3) is 0 Å². The van der Waals surface area contributed by atoms with E-state index >= 15 is 0 Å². The Morgan fingerprint density at radius 1 is 0.534 bits per heavy atom. The molecule has 58 heavy (non-hydrogen) atoms. The molecular formula is C48H82N2O8. The molecule has 0 aliphatic rings. The van der Waals surface area contributed by atoms with Crippen molar-refractivity contribution in [2.24, 2.45) is 0 Å². The summed E-state index contributed by atoms with van der Waals surface area (Å²) in [7, 11) is 0. The Morgan fingerprint density at radius 3 is 1.43 bits per heavy atom. The average molecular weight is 815 g/mol. The maximum Gasteiger partial charge on any atom is 0.326 e. The van der Waals surface area contributed by atoms with E-state index in [1.54, 1.807) is 24.3 Å². The summed E-state index contributed by atoms with van der Waals surface area (Å²) in [5.74, 6) is -4.03. The zero-order valence-corrected chi connectivity index (χ0v) is 36.6. The maximum absolute atomic E-state index is 13.5. The first-order chi connectivity index (χ1) is 28.2. The molecule has 4 N–H and O–H groups in total. The third-order valence-electron chi connectivity index (χ3n) is 11.0. The van der Waals surface area contributed by atoms with Crippen molar-refractivity contribution < 1.29 is 38.9 Å². The van der Waals surface area contributed by atoms with Crippen molar-refractivity contribution in [1.29, 1.82) is 0 Å². The normalized spacial score (nSPS) is 12.7. The summed E-state index contributed by atoms with van der Waals surface area (Å²) in [6.07, 6.45) is 31.1. The van der Waals surface area contributed by atoms with Gasteiger partial charge in [-0.15, -0.1) is 0 Å². The summed E-state index contributed by atoms with van der Waals surface area (Å²) >= 11 is 0. The van der Waals surface area contributed by atoms with Crippen LogP contribution in [0.1, 0.15) is 218 Å². The van der Waals surface area contributed by atoms with E-state index < -0.39 is 48.4 Å². The summed E-state index contributed by atoms with van der Waals surface area (Å²) in [5.41, 5.74) is 0.758. The van der Waals surface area contributed by atoms with Crippen molar-refractivity contribution in [2.45, 2.75) is 238 Å². The highest BCUT2D eigenvalue weighted by molar-refractivity contribution is 5.91. The Labute approximate surface area is 351 Å². The molecule has 10 heteroatoms. The van der Waals surface area contributed by atoms with Gasteiger partial charge in [0, 0.05) is 19.3 Å². The van der Waals surface area contributed by atoms with Gasteiger partial charge in [0.05, 0.1) is 6.42 Å². The Hall–Kier alpha value is -3.43. The molecule has 0 spiro atoms. The molecule has 0 aliphatic carbocycles. The number of nitrogens with one attached hydrogen (secondary N) is 2. The molecule has 0 bridgehead atoms. The molecule has 3 atom stereocenters. The number of carbonyl (C=O) groups is 5. The smallest absolute Gasteiger partial charge is 0.326 e. The molecule has 0 fully saturated rings. The van der Waals surface area contributed by atoms with E-state index in [2.05, 4.69) is 24.5 Å². The summed E-state index contributed by atoms with van der Waals surface area (Å²) < 4.78 is 5.91. The van der Waals surface area contributed by atoms with E-state index in [1.165, 1.54) is 128 Å². The monoisotopic (exact) mass is 815 g/mol. The van der Waals surface area contributed by atoms with Crippen molar-refractivity contribution in [1.82, 2.24) is 10.6 Å². The van der Waals surface area contributed by atoms with Crippen LogP contribution in [-0.2, 0) is 35.1 Å². The molecule has 1 aromatic rings. The Balaban J connectivity index is 2.71. The topological polar surface area (TPSA) is 159 Å². The fourth-order valence-corrected chi connectivity index (χ4v) is 7.44. The van der Waals surface area contributed by atoms with Crippen LogP contribution in [0.5, 0.6) is 0 Å². The lowest BCUT2D eigenvalue weighted by Gasteiger charge is -2.23. The number of benzene rings is 1. The first kappa shape index (κ1) is 52.6. The quantitative estimate of drug-likeness (QED) is 0.0376. The van der Waals surface area contributed by atoms with E-state index in [0.717, 1.165) is 44.1 Å². The number of rotatable bonds is 40. The molecule has 1 aromatic carbocycles. The second-order valence-corrected chi connectivity index (χ2v) is 16.5. The number of carbonyl (C=O) groups excluding carboxylic acids is 3. The zero-order chi connectivity index (χ0) is 42.5. The standard InChI is InChI=1S/C48H82N2O8/c1-3-5-7-9-11-13-15-17-19-21-23-25-30-34-41(58-46(54)35-31-26-24-22-20-18-16-14-12-10-8-6-4-2)39-44(51)49-43(38-40-32-28-27-29-33-40)47(55)50-42(48(56)57)36-37-45(52)53/h27-29,32-33,41-43H,3-26,30-31,34-39H2,1-2H3,(H,49,51)(H,50,55)(H,52,53)(H,56,57)/t41?,42-,43-/m0/s1. The van der Waals surface area contributed by atoms with E-state index in [9.17, 15) is 29.1 Å². The highest BCUT2D eigenvalue weighted by Gasteiger charge is 2.28. The van der Waals surface area contributed by atoms with Gasteiger partial charge in [0.2, 0.25) is 11.8 Å². The number of aliphatic carboxylic acids is 2. The van der Waals surface area contributed by atoms with Crippen LogP contribution in [0.25, 0.3) is 0 Å². The molecule has 332 valence electrons. The zero-order valence-electron chi connectivity index (χ0n) is 36.6. The summed E-state index contributed by atoms with van der Waals surface area (Å²) in [6.45, 7) is 4.49. The van der Waals surface area contributed by atoms with Crippen molar-refractivity contribution in [3.8, 4) is 0 Å². The minimum atomic E-state index is -1.42. The van der Waals surface area contributed by atoms with Gasteiger partial charge in [0.1, 0.15) is 18.2 Å². The van der Waals surface area contributed by atoms with Crippen LogP contribution in [0.15, 0.2) is 30.3 Å². The van der Waals surface area contributed by atoms with E-state index in [1.807, 2.05) is 6.07 Å². The van der Waals surface area contributed by atoms with Crippen LogP contribution < -0.4 is 10.6 Å². The summed E-state index contributed by atoms with van der Waals surface area (Å²) in [6, 6.07) is 6.52. The third kappa shape index (κ3) is 30.6. The van der Waals surface area contributed by atoms with E-state index in [0.29, 0.717) is 12.8 Å². The Morgan fingerprint density at radius 2 is 0.983 bits per heavy atom. The molecule has 0 aliphatic heterocycles. The predicted molar refractivity (Wildman–Crippen MR) is 234 cm³/mol. The lowest BCUT2D eigenvalue weighted by Crippen LogP contribution is -2.53. The van der Waals surface area contributed by atoms with Crippen LogP contribution in [0.3, 0.4) is 0 Å². The second kappa shape index (κ2) is 36.6. The number of carboxylic acids is 2. The number of carboxylic acid groups (broad SMARTS) is 2. The van der Waals surface area contributed by atoms with Gasteiger partial charge in [-0.25, -0.2) is 4.79 Å². The van der Waals surface area contributed by atoms with Crippen LogP contribution in [0.4, 0.5) is 0 Å². The minimum absolute atomic E-state index is 0.103. The third-order valence-corrected chi connectivity index (χ3v) is 11.0. The number of amides is 2. The van der Waals surface area contributed by atoms with Gasteiger partial charge in [-0.1, -0.05) is 198 Å². The lowest BCUT2D eigenvalue weighted by atomic mass is 10.0. The molecule has 2 amide bonds.